The first-order valence-electron chi connectivity index (χ1n) is 5.51. The maximum Gasteiger partial charge on any atom is 0.315 e. The zero-order valence-corrected chi connectivity index (χ0v) is 11.9. The lowest BCUT2D eigenvalue weighted by molar-refractivity contribution is 0.118. The molecular formula is C12H16BrFN2O2. The number of nitrogens with one attached hydrogen (secondary N) is 2. The van der Waals surface area contributed by atoms with Crippen molar-refractivity contribution in [2.75, 3.05) is 13.7 Å². The van der Waals surface area contributed by atoms with E-state index in [0.717, 1.165) is 4.47 Å². The minimum absolute atomic E-state index is 0.0448. The number of amides is 2. The molecule has 0 aliphatic carbocycles. The van der Waals surface area contributed by atoms with Gasteiger partial charge in [-0.1, -0.05) is 15.9 Å². The Morgan fingerprint density at radius 2 is 2.22 bits per heavy atom. The van der Waals surface area contributed by atoms with E-state index >= 15 is 0 Å². The van der Waals surface area contributed by atoms with Gasteiger partial charge in [0.15, 0.2) is 0 Å². The molecule has 1 rings (SSSR count). The number of ether oxygens (including phenoxy) is 1. The van der Waals surface area contributed by atoms with Crippen molar-refractivity contribution in [1.82, 2.24) is 10.6 Å². The molecule has 0 heterocycles. The summed E-state index contributed by atoms with van der Waals surface area (Å²) in [7, 11) is 1.58. The molecule has 0 spiro atoms. The van der Waals surface area contributed by atoms with Crippen LogP contribution in [0.25, 0.3) is 0 Å². The minimum Gasteiger partial charge on any atom is -0.380 e. The summed E-state index contributed by atoms with van der Waals surface area (Å²) < 4.78 is 18.8. The number of carbonyl (C=O) groups excluding carboxylic acids is 1. The predicted molar refractivity (Wildman–Crippen MR) is 70.8 cm³/mol. The van der Waals surface area contributed by atoms with E-state index in [0.29, 0.717) is 12.1 Å². The Hall–Kier alpha value is -1.14. The van der Waals surface area contributed by atoms with Crippen LogP contribution in [0.1, 0.15) is 12.5 Å². The third-order valence-electron chi connectivity index (χ3n) is 2.40. The topological polar surface area (TPSA) is 50.4 Å². The fourth-order valence-electron chi connectivity index (χ4n) is 1.24. The molecule has 1 aromatic rings. The Kier molecular flexibility index (Phi) is 6.07. The van der Waals surface area contributed by atoms with Crippen molar-refractivity contribution >= 4 is 22.0 Å². The Morgan fingerprint density at radius 3 is 2.89 bits per heavy atom. The third kappa shape index (κ3) is 5.01. The number of hydrogen-bond donors (Lipinski definition) is 2. The van der Waals surface area contributed by atoms with Crippen LogP contribution in [0.5, 0.6) is 0 Å². The first-order chi connectivity index (χ1) is 8.52. The van der Waals surface area contributed by atoms with Crippen LogP contribution in [0.2, 0.25) is 0 Å². The van der Waals surface area contributed by atoms with E-state index in [4.69, 9.17) is 4.74 Å². The first kappa shape index (κ1) is 14.9. The van der Waals surface area contributed by atoms with E-state index in [1.54, 1.807) is 13.2 Å². The highest BCUT2D eigenvalue weighted by Gasteiger charge is 2.06. The predicted octanol–water partition coefficient (Wildman–Crippen LogP) is 2.42. The second kappa shape index (κ2) is 7.33. The monoisotopic (exact) mass is 318 g/mol. The molecule has 0 radical (unpaired) electrons. The van der Waals surface area contributed by atoms with Crippen molar-refractivity contribution in [3.05, 3.63) is 34.1 Å². The molecule has 0 saturated carbocycles. The SMILES string of the molecule is COC(C)CNC(=O)NCc1cc(F)ccc1Br. The van der Waals surface area contributed by atoms with Crippen molar-refractivity contribution in [2.45, 2.75) is 19.6 Å². The molecule has 0 fully saturated rings. The Bertz CT molecular complexity index is 415. The highest BCUT2D eigenvalue weighted by atomic mass is 79.9. The van der Waals surface area contributed by atoms with Gasteiger partial charge in [0.1, 0.15) is 5.82 Å². The van der Waals surface area contributed by atoms with Crippen molar-refractivity contribution in [3.63, 3.8) is 0 Å². The van der Waals surface area contributed by atoms with E-state index in [2.05, 4.69) is 26.6 Å². The van der Waals surface area contributed by atoms with Crippen molar-refractivity contribution in [2.24, 2.45) is 0 Å². The van der Waals surface area contributed by atoms with Gasteiger partial charge in [-0.2, -0.15) is 0 Å². The fraction of sp³-hybridized carbons (Fsp3) is 0.417. The summed E-state index contributed by atoms with van der Waals surface area (Å²) >= 11 is 3.30. The van der Waals surface area contributed by atoms with Crippen LogP contribution in [0.15, 0.2) is 22.7 Å². The lowest BCUT2D eigenvalue weighted by atomic mass is 10.2. The van der Waals surface area contributed by atoms with Crippen molar-refractivity contribution < 1.29 is 13.9 Å². The molecule has 1 atom stereocenters. The summed E-state index contributed by atoms with van der Waals surface area (Å²) in [5.74, 6) is -0.330. The number of halogens is 2. The fourth-order valence-corrected chi connectivity index (χ4v) is 1.62. The molecule has 100 valence electrons. The standard InChI is InChI=1S/C12H16BrFN2O2/c1-8(18-2)6-15-12(17)16-7-9-5-10(14)3-4-11(9)13/h3-5,8H,6-7H2,1-2H3,(H2,15,16,17). The number of carbonyl (C=O) groups is 1. The van der Waals surface area contributed by atoms with E-state index in [-0.39, 0.29) is 24.5 Å². The summed E-state index contributed by atoms with van der Waals surface area (Å²) in [5, 5.41) is 5.30. The van der Waals surface area contributed by atoms with Crippen LogP contribution in [-0.4, -0.2) is 25.8 Å². The summed E-state index contributed by atoms with van der Waals surface area (Å²) in [4.78, 5) is 11.4. The van der Waals surface area contributed by atoms with Gasteiger partial charge in [0.05, 0.1) is 6.10 Å². The van der Waals surface area contributed by atoms with Crippen molar-refractivity contribution in [1.29, 1.82) is 0 Å². The molecule has 18 heavy (non-hydrogen) atoms. The summed E-state index contributed by atoms with van der Waals surface area (Å²) in [5.41, 5.74) is 0.685. The molecule has 0 aromatic heterocycles. The number of rotatable bonds is 5. The molecule has 2 N–H and O–H groups in total. The Labute approximate surface area is 114 Å². The highest BCUT2D eigenvalue weighted by molar-refractivity contribution is 9.10. The molecule has 1 aromatic carbocycles. The van der Waals surface area contributed by atoms with Gasteiger partial charge in [-0.05, 0) is 30.7 Å². The number of methoxy groups -OCH3 is 1. The highest BCUT2D eigenvalue weighted by Crippen LogP contribution is 2.17. The van der Waals surface area contributed by atoms with Crippen LogP contribution in [-0.2, 0) is 11.3 Å². The van der Waals surface area contributed by atoms with Gasteiger partial charge in [-0.15, -0.1) is 0 Å². The molecule has 0 bridgehead atoms. The zero-order chi connectivity index (χ0) is 13.5. The number of urea groups is 1. The van der Waals surface area contributed by atoms with Gasteiger partial charge in [0, 0.05) is 24.7 Å². The quantitative estimate of drug-likeness (QED) is 0.876. The summed E-state index contributed by atoms with van der Waals surface area (Å²) in [6, 6.07) is 4.03. The van der Waals surface area contributed by atoms with Crippen LogP contribution in [0, 0.1) is 5.82 Å². The van der Waals surface area contributed by atoms with Gasteiger partial charge in [0.2, 0.25) is 0 Å². The Balaban J connectivity index is 2.40. The largest absolute Gasteiger partial charge is 0.380 e. The van der Waals surface area contributed by atoms with Crippen LogP contribution in [0.4, 0.5) is 9.18 Å². The van der Waals surface area contributed by atoms with Crippen LogP contribution >= 0.6 is 15.9 Å². The van der Waals surface area contributed by atoms with Gasteiger partial charge in [-0.3, -0.25) is 0 Å². The molecule has 4 nitrogen and oxygen atoms in total. The molecule has 6 heteroatoms. The first-order valence-corrected chi connectivity index (χ1v) is 6.30. The lowest BCUT2D eigenvalue weighted by Crippen LogP contribution is -2.39. The minimum atomic E-state index is -0.330. The van der Waals surface area contributed by atoms with E-state index in [9.17, 15) is 9.18 Å². The maximum atomic E-state index is 13.0. The number of hydrogen-bond acceptors (Lipinski definition) is 2. The third-order valence-corrected chi connectivity index (χ3v) is 3.17. The molecular weight excluding hydrogens is 303 g/mol. The average Bonchev–Trinajstić information content (AvgIpc) is 2.36. The summed E-state index contributed by atoms with van der Waals surface area (Å²) in [6.07, 6.45) is -0.0448. The molecule has 0 aliphatic heterocycles. The van der Waals surface area contributed by atoms with Crippen LogP contribution < -0.4 is 10.6 Å². The zero-order valence-electron chi connectivity index (χ0n) is 10.3. The second-order valence-corrected chi connectivity index (χ2v) is 4.70. The van der Waals surface area contributed by atoms with Crippen molar-refractivity contribution in [3.8, 4) is 0 Å². The normalized spacial score (nSPS) is 12.0. The lowest BCUT2D eigenvalue weighted by Gasteiger charge is -2.12. The summed E-state index contributed by atoms with van der Waals surface area (Å²) in [6.45, 7) is 2.53. The molecule has 0 aliphatic rings. The maximum absolute atomic E-state index is 13.0. The smallest absolute Gasteiger partial charge is 0.315 e. The van der Waals surface area contributed by atoms with Gasteiger partial charge < -0.3 is 15.4 Å². The van der Waals surface area contributed by atoms with E-state index in [1.807, 2.05) is 6.92 Å². The second-order valence-electron chi connectivity index (χ2n) is 3.85. The van der Waals surface area contributed by atoms with Gasteiger partial charge in [0.25, 0.3) is 0 Å². The van der Waals surface area contributed by atoms with Crippen LogP contribution in [0.3, 0.4) is 0 Å². The molecule has 1 unspecified atom stereocenters. The number of benzene rings is 1. The van der Waals surface area contributed by atoms with E-state index < -0.39 is 0 Å². The Morgan fingerprint density at radius 1 is 1.50 bits per heavy atom. The van der Waals surface area contributed by atoms with Gasteiger partial charge >= 0.3 is 6.03 Å². The molecule has 2 amide bonds. The van der Waals surface area contributed by atoms with E-state index in [1.165, 1.54) is 12.1 Å². The van der Waals surface area contributed by atoms with Gasteiger partial charge in [-0.25, -0.2) is 9.18 Å². The molecule has 0 saturated heterocycles. The average molecular weight is 319 g/mol.